The molecule has 398 valence electrons. The highest BCUT2D eigenvalue weighted by molar-refractivity contribution is 5.93. The number of fused-ring (bicyclic) bond motifs is 1. The number of aromatic nitrogens is 3. The standard InChI is InChI=1S/C53H73F3N10O7/c1-32(2)64(3)37-14-20-45(66-24-21-43(52(66)71)62-49-40-27-35(53(54,55)56)11-19-42(40)59-31-60-49)44(28-37)63-50(69)33-9-12-36(13-10-33)61-46(67)8-6-25-72-38-15-17-39(18-16-38)73-26-23-58-51(70)41-29-47(68)65(4)48(41)34-7-5-22-57-30-34/h5,7,11,19,22,27,30-33,36-39,41,43-45,48H,6,8-10,12-18,20-21,23-26,28-29H2,1-4H3,(H,58,70)(H,61,67)(H,63,69)(H,59,60,62)/t33-,36+,37-,38-,39+,41+,43+,44-,45+,48-/m1/s1. The Morgan fingerprint density at radius 2 is 1.63 bits per heavy atom. The number of rotatable bonds is 19. The summed E-state index contributed by atoms with van der Waals surface area (Å²) < 4.78 is 53.1. The first-order valence-corrected chi connectivity index (χ1v) is 26.4. The average Bonchev–Trinajstić information content (AvgIpc) is 3.90. The van der Waals surface area contributed by atoms with Crippen molar-refractivity contribution in [1.29, 1.82) is 0 Å². The van der Waals surface area contributed by atoms with Gasteiger partial charge in [0.05, 0.1) is 53.9 Å². The Labute approximate surface area is 425 Å². The molecule has 3 saturated carbocycles. The van der Waals surface area contributed by atoms with Crippen LogP contribution in [0.4, 0.5) is 19.0 Å². The van der Waals surface area contributed by atoms with Crippen LogP contribution in [0.2, 0.25) is 0 Å². The molecule has 1 aromatic carbocycles. The number of likely N-dealkylation sites (tertiary alicyclic amines) is 2. The molecule has 6 atom stereocenters. The quantitative estimate of drug-likeness (QED) is 0.103. The van der Waals surface area contributed by atoms with Crippen LogP contribution in [0.5, 0.6) is 0 Å². The maximum atomic E-state index is 14.1. The van der Waals surface area contributed by atoms with Crippen LogP contribution in [0.3, 0.4) is 0 Å². The van der Waals surface area contributed by atoms with Crippen LogP contribution in [-0.2, 0) is 39.6 Å². The third-order valence-electron chi connectivity index (χ3n) is 16.1. The molecule has 2 saturated heterocycles. The first-order valence-electron chi connectivity index (χ1n) is 26.4. The topological polar surface area (TPSA) is 200 Å². The molecule has 0 radical (unpaired) electrons. The van der Waals surface area contributed by atoms with Crippen molar-refractivity contribution in [2.75, 3.05) is 45.7 Å². The van der Waals surface area contributed by atoms with Gasteiger partial charge in [0.2, 0.25) is 29.5 Å². The van der Waals surface area contributed by atoms with Gasteiger partial charge in [-0.2, -0.15) is 13.2 Å². The molecule has 5 fully saturated rings. The molecule has 20 heteroatoms. The predicted octanol–water partition coefficient (Wildman–Crippen LogP) is 5.94. The van der Waals surface area contributed by atoms with E-state index >= 15 is 0 Å². The Morgan fingerprint density at radius 1 is 0.890 bits per heavy atom. The Hall–Kier alpha value is -5.47. The fourth-order valence-corrected chi connectivity index (χ4v) is 11.7. The number of alkyl halides is 3. The Balaban J connectivity index is 0.724. The zero-order chi connectivity index (χ0) is 51.8. The number of hydrogen-bond acceptors (Lipinski definition) is 12. The maximum Gasteiger partial charge on any atom is 0.416 e. The monoisotopic (exact) mass is 1020 g/mol. The van der Waals surface area contributed by atoms with Crippen molar-refractivity contribution in [2.24, 2.45) is 11.8 Å². The molecule has 0 bridgehead atoms. The van der Waals surface area contributed by atoms with E-state index in [1.54, 1.807) is 30.4 Å². The van der Waals surface area contributed by atoms with Crippen molar-refractivity contribution in [3.05, 3.63) is 60.2 Å². The lowest BCUT2D eigenvalue weighted by atomic mass is 9.82. The minimum atomic E-state index is -4.55. The smallest absolute Gasteiger partial charge is 0.378 e. The third-order valence-corrected chi connectivity index (χ3v) is 16.1. The summed E-state index contributed by atoms with van der Waals surface area (Å²) in [6.07, 6.45) is 10.2. The minimum absolute atomic E-state index is 0.0105. The van der Waals surface area contributed by atoms with Crippen LogP contribution in [0.15, 0.2) is 49.1 Å². The summed E-state index contributed by atoms with van der Waals surface area (Å²) in [4.78, 5) is 85.0. The fourth-order valence-electron chi connectivity index (χ4n) is 11.7. The second kappa shape index (κ2) is 24.3. The van der Waals surface area contributed by atoms with E-state index in [9.17, 15) is 37.1 Å². The van der Waals surface area contributed by atoms with Gasteiger partial charge in [-0.15, -0.1) is 0 Å². The number of pyridine rings is 1. The molecule has 17 nitrogen and oxygen atoms in total. The van der Waals surface area contributed by atoms with Crippen molar-refractivity contribution < 1.29 is 46.6 Å². The van der Waals surface area contributed by atoms with Crippen molar-refractivity contribution >= 4 is 46.3 Å². The van der Waals surface area contributed by atoms with Crippen molar-refractivity contribution in [3.63, 3.8) is 0 Å². The number of ether oxygens (including phenoxy) is 2. The van der Waals surface area contributed by atoms with Gasteiger partial charge in [0.15, 0.2) is 0 Å². The van der Waals surface area contributed by atoms with Gasteiger partial charge in [0, 0.05) is 81.4 Å². The molecule has 4 N–H and O–H groups in total. The summed E-state index contributed by atoms with van der Waals surface area (Å²) in [5.74, 6) is -0.981. The van der Waals surface area contributed by atoms with Crippen molar-refractivity contribution in [1.82, 2.24) is 45.6 Å². The molecule has 73 heavy (non-hydrogen) atoms. The molecule has 5 amide bonds. The Morgan fingerprint density at radius 3 is 2.33 bits per heavy atom. The molecule has 3 aromatic rings. The number of anilines is 1. The number of nitrogens with zero attached hydrogens (tertiary/aromatic N) is 6. The molecule has 3 aliphatic carbocycles. The van der Waals surface area contributed by atoms with E-state index in [0.717, 1.165) is 49.8 Å². The highest BCUT2D eigenvalue weighted by Crippen LogP contribution is 2.38. The molecule has 5 aliphatic rings. The fraction of sp³-hybridized carbons (Fsp3) is 0.660. The lowest BCUT2D eigenvalue weighted by molar-refractivity contribution is -0.137. The van der Waals surface area contributed by atoms with Crippen LogP contribution < -0.4 is 21.3 Å². The Kier molecular flexibility index (Phi) is 17.9. The van der Waals surface area contributed by atoms with Gasteiger partial charge < -0.3 is 45.4 Å². The van der Waals surface area contributed by atoms with Crippen molar-refractivity contribution in [3.8, 4) is 0 Å². The number of halogens is 3. The Bertz CT molecular complexity index is 2380. The first-order chi connectivity index (χ1) is 35.0. The van der Waals surface area contributed by atoms with Gasteiger partial charge in [-0.25, -0.2) is 9.97 Å². The number of benzene rings is 1. The van der Waals surface area contributed by atoms with Gasteiger partial charge >= 0.3 is 6.18 Å². The van der Waals surface area contributed by atoms with Gasteiger partial charge in [-0.3, -0.25) is 29.0 Å². The zero-order valence-electron chi connectivity index (χ0n) is 42.6. The van der Waals surface area contributed by atoms with Gasteiger partial charge in [-0.05, 0) is 134 Å². The van der Waals surface area contributed by atoms with E-state index in [2.05, 4.69) is 62.0 Å². The van der Waals surface area contributed by atoms with E-state index in [1.165, 1.54) is 12.4 Å². The van der Waals surface area contributed by atoms with E-state index in [0.29, 0.717) is 95.6 Å². The average molecular weight is 1020 g/mol. The third kappa shape index (κ3) is 13.4. The van der Waals surface area contributed by atoms with Crippen LogP contribution >= 0.6 is 0 Å². The van der Waals surface area contributed by atoms with E-state index in [-0.39, 0.29) is 95.5 Å². The molecule has 4 heterocycles. The van der Waals surface area contributed by atoms with Crippen LogP contribution in [0.1, 0.15) is 127 Å². The SMILES string of the molecule is CC(C)N(C)[C@@H]1CC[C@H](N2CC[C@H](Nc3ncnc4ccc(C(F)(F)F)cc34)C2=O)[C@H](NC(=O)[C@H]2CC[C@@H](NC(=O)CCCO[C@H]3CC[C@@H](OCCNC(=O)[C@H]4CC(=O)N(C)[C@@H]4c4cccnc4)CC3)CC2)C1. The van der Waals surface area contributed by atoms with Gasteiger partial charge in [-0.1, -0.05) is 6.07 Å². The highest BCUT2D eigenvalue weighted by atomic mass is 19.4. The number of carbonyl (C=O) groups excluding carboxylic acids is 5. The molecule has 2 aromatic heterocycles. The summed E-state index contributed by atoms with van der Waals surface area (Å²) in [5, 5.41) is 12.8. The van der Waals surface area contributed by atoms with Crippen LogP contribution in [0.25, 0.3) is 10.9 Å². The highest BCUT2D eigenvalue weighted by Gasteiger charge is 2.45. The van der Waals surface area contributed by atoms with E-state index < -0.39 is 23.7 Å². The summed E-state index contributed by atoms with van der Waals surface area (Å²) in [5.41, 5.74) is 0.355. The van der Waals surface area contributed by atoms with Gasteiger partial charge in [0.25, 0.3) is 0 Å². The molecule has 2 aliphatic heterocycles. The summed E-state index contributed by atoms with van der Waals surface area (Å²) >= 11 is 0. The lowest BCUT2D eigenvalue weighted by Crippen LogP contribution is -2.59. The number of carbonyl (C=O) groups is 5. The molecular weight excluding hydrogens is 946 g/mol. The maximum absolute atomic E-state index is 14.1. The summed E-state index contributed by atoms with van der Waals surface area (Å²) in [6.45, 7) is 5.96. The largest absolute Gasteiger partial charge is 0.416 e. The number of nitrogens with one attached hydrogen (secondary N) is 4. The molecule has 0 spiro atoms. The summed E-state index contributed by atoms with van der Waals surface area (Å²) in [6, 6.07) is 5.91. The normalized spacial score (nSPS) is 28.0. The van der Waals surface area contributed by atoms with Crippen LogP contribution in [-0.4, -0.2) is 148 Å². The second-order valence-electron chi connectivity index (χ2n) is 21.1. The van der Waals surface area contributed by atoms with Crippen molar-refractivity contribution in [2.45, 2.75) is 171 Å². The molecule has 8 rings (SSSR count). The lowest BCUT2D eigenvalue weighted by Gasteiger charge is -2.45. The zero-order valence-corrected chi connectivity index (χ0v) is 42.6. The second-order valence-corrected chi connectivity index (χ2v) is 21.1. The van der Waals surface area contributed by atoms with E-state index in [4.69, 9.17) is 9.47 Å². The van der Waals surface area contributed by atoms with E-state index in [1.807, 2.05) is 11.0 Å². The predicted molar refractivity (Wildman–Crippen MR) is 266 cm³/mol. The first kappa shape index (κ1) is 53.8. The molecular formula is C53H73F3N10O7. The van der Waals surface area contributed by atoms with Gasteiger partial charge in [0.1, 0.15) is 18.2 Å². The minimum Gasteiger partial charge on any atom is -0.378 e. The molecule has 0 unspecified atom stereocenters. The van der Waals surface area contributed by atoms with Crippen LogP contribution in [0, 0.1) is 11.8 Å². The number of hydrogen-bond donors (Lipinski definition) is 4. The number of amides is 5. The summed E-state index contributed by atoms with van der Waals surface area (Å²) in [7, 11) is 3.81.